The zero-order chi connectivity index (χ0) is 10.7. The van der Waals surface area contributed by atoms with E-state index in [0.29, 0.717) is 5.69 Å². The van der Waals surface area contributed by atoms with Crippen molar-refractivity contribution in [3.63, 3.8) is 0 Å². The fourth-order valence-electron chi connectivity index (χ4n) is 1.51. The second-order valence-electron chi connectivity index (χ2n) is 3.24. The average molecular weight is 223 g/mol. The Bertz CT molecular complexity index is 422. The molecule has 0 aliphatic rings. The van der Waals surface area contributed by atoms with E-state index in [1.807, 2.05) is 22.2 Å². The third-order valence-corrected chi connectivity index (χ3v) is 3.02. The van der Waals surface area contributed by atoms with Crippen molar-refractivity contribution in [3.8, 4) is 10.6 Å². The number of nitrogens with zero attached hydrogens (tertiary/aromatic N) is 3. The highest BCUT2D eigenvalue weighted by molar-refractivity contribution is 7.13. The van der Waals surface area contributed by atoms with E-state index in [4.69, 9.17) is 0 Å². The van der Waals surface area contributed by atoms with Gasteiger partial charge in [-0.1, -0.05) is 18.2 Å². The van der Waals surface area contributed by atoms with Gasteiger partial charge in [-0.3, -0.25) is 0 Å². The molecule has 0 fully saturated rings. The minimum absolute atomic E-state index is 0.0586. The summed E-state index contributed by atoms with van der Waals surface area (Å²) >= 11 is 1.64. The molecule has 15 heavy (non-hydrogen) atoms. The highest BCUT2D eigenvalue weighted by atomic mass is 32.1. The highest BCUT2D eigenvalue weighted by Crippen LogP contribution is 2.27. The SMILES string of the molecule is CCCn1nnc(CO)c1-c1cccs1. The van der Waals surface area contributed by atoms with Crippen LogP contribution < -0.4 is 0 Å². The van der Waals surface area contributed by atoms with Crippen LogP contribution in [0.15, 0.2) is 17.5 Å². The van der Waals surface area contributed by atoms with Crippen molar-refractivity contribution in [3.05, 3.63) is 23.2 Å². The standard InChI is InChI=1S/C10H13N3OS/c1-2-5-13-10(8(7-14)11-12-13)9-4-3-6-15-9/h3-4,6,14H,2,5,7H2,1H3. The van der Waals surface area contributed by atoms with Crippen molar-refractivity contribution in [2.75, 3.05) is 0 Å². The quantitative estimate of drug-likeness (QED) is 0.861. The summed E-state index contributed by atoms with van der Waals surface area (Å²) in [4.78, 5) is 1.11. The van der Waals surface area contributed by atoms with Crippen molar-refractivity contribution >= 4 is 11.3 Å². The fourth-order valence-corrected chi connectivity index (χ4v) is 2.30. The number of aliphatic hydroxyl groups is 1. The van der Waals surface area contributed by atoms with Gasteiger partial charge in [0, 0.05) is 6.54 Å². The van der Waals surface area contributed by atoms with Gasteiger partial charge in [-0.2, -0.15) is 0 Å². The summed E-state index contributed by atoms with van der Waals surface area (Å²) in [6.45, 7) is 2.87. The fraction of sp³-hybridized carbons (Fsp3) is 0.400. The third kappa shape index (κ3) is 1.93. The molecule has 0 atom stereocenters. The number of aryl methyl sites for hydroxylation is 1. The topological polar surface area (TPSA) is 50.9 Å². The lowest BCUT2D eigenvalue weighted by atomic mass is 10.2. The molecule has 1 N–H and O–H groups in total. The van der Waals surface area contributed by atoms with E-state index < -0.39 is 0 Å². The number of hydrogen-bond acceptors (Lipinski definition) is 4. The Morgan fingerprint density at radius 2 is 2.40 bits per heavy atom. The van der Waals surface area contributed by atoms with Crippen molar-refractivity contribution in [2.24, 2.45) is 0 Å². The van der Waals surface area contributed by atoms with Crippen molar-refractivity contribution in [1.82, 2.24) is 15.0 Å². The zero-order valence-corrected chi connectivity index (χ0v) is 9.37. The Balaban J connectivity index is 2.46. The lowest BCUT2D eigenvalue weighted by Crippen LogP contribution is -2.01. The van der Waals surface area contributed by atoms with E-state index in [9.17, 15) is 5.11 Å². The summed E-state index contributed by atoms with van der Waals surface area (Å²) < 4.78 is 1.86. The monoisotopic (exact) mass is 223 g/mol. The van der Waals surface area contributed by atoms with Gasteiger partial charge in [0.05, 0.1) is 11.5 Å². The first-order valence-electron chi connectivity index (χ1n) is 4.94. The zero-order valence-electron chi connectivity index (χ0n) is 8.55. The molecule has 0 unspecified atom stereocenters. The summed E-state index contributed by atoms with van der Waals surface area (Å²) in [7, 11) is 0. The van der Waals surface area contributed by atoms with E-state index in [2.05, 4.69) is 17.2 Å². The van der Waals surface area contributed by atoms with Gasteiger partial charge in [-0.25, -0.2) is 4.68 Å². The molecule has 5 heteroatoms. The van der Waals surface area contributed by atoms with Crippen molar-refractivity contribution in [1.29, 1.82) is 0 Å². The van der Waals surface area contributed by atoms with Crippen LogP contribution >= 0.6 is 11.3 Å². The van der Waals surface area contributed by atoms with Crippen LogP contribution in [0.4, 0.5) is 0 Å². The molecule has 0 saturated carbocycles. The molecule has 80 valence electrons. The second kappa shape index (κ2) is 4.55. The van der Waals surface area contributed by atoms with Gasteiger partial charge in [0.25, 0.3) is 0 Å². The van der Waals surface area contributed by atoms with Crippen LogP contribution in [-0.4, -0.2) is 20.1 Å². The molecule has 2 aromatic rings. The third-order valence-electron chi connectivity index (χ3n) is 2.14. The predicted octanol–water partition coefficient (Wildman–Crippen LogP) is 1.91. The van der Waals surface area contributed by atoms with Gasteiger partial charge in [0.1, 0.15) is 11.4 Å². The van der Waals surface area contributed by atoms with E-state index in [1.54, 1.807) is 11.3 Å². The van der Waals surface area contributed by atoms with E-state index in [-0.39, 0.29) is 6.61 Å². The molecule has 0 saturated heterocycles. The minimum Gasteiger partial charge on any atom is -0.390 e. The van der Waals surface area contributed by atoms with Crippen LogP contribution in [0.1, 0.15) is 19.0 Å². The molecule has 2 heterocycles. The number of aromatic nitrogens is 3. The molecule has 0 aromatic carbocycles. The van der Waals surface area contributed by atoms with Crippen molar-refractivity contribution < 1.29 is 5.11 Å². The van der Waals surface area contributed by atoms with Gasteiger partial charge >= 0.3 is 0 Å². The molecule has 0 amide bonds. The molecule has 0 spiro atoms. The molecule has 4 nitrogen and oxygen atoms in total. The lowest BCUT2D eigenvalue weighted by molar-refractivity contribution is 0.277. The molecule has 0 aliphatic heterocycles. The number of hydrogen-bond donors (Lipinski definition) is 1. The number of aliphatic hydroxyl groups excluding tert-OH is 1. The summed E-state index contributed by atoms with van der Waals surface area (Å²) in [6.07, 6.45) is 1.01. The Hall–Kier alpha value is -1.20. The first kappa shape index (κ1) is 10.3. The normalized spacial score (nSPS) is 10.8. The Kier molecular flexibility index (Phi) is 3.13. The molecular weight excluding hydrogens is 210 g/mol. The highest BCUT2D eigenvalue weighted by Gasteiger charge is 2.14. The first-order chi connectivity index (χ1) is 7.36. The maximum atomic E-state index is 9.19. The summed E-state index contributed by atoms with van der Waals surface area (Å²) in [6, 6.07) is 4.01. The van der Waals surface area contributed by atoms with Crippen LogP contribution in [0.3, 0.4) is 0 Å². The summed E-state index contributed by atoms with van der Waals surface area (Å²) in [5.41, 5.74) is 1.61. The Morgan fingerprint density at radius 1 is 1.53 bits per heavy atom. The molecule has 0 aliphatic carbocycles. The second-order valence-corrected chi connectivity index (χ2v) is 4.19. The van der Waals surface area contributed by atoms with Crippen molar-refractivity contribution in [2.45, 2.75) is 26.5 Å². The van der Waals surface area contributed by atoms with Crippen LogP contribution in [0.2, 0.25) is 0 Å². The van der Waals surface area contributed by atoms with Crippen LogP contribution in [0.25, 0.3) is 10.6 Å². The largest absolute Gasteiger partial charge is 0.390 e. The van der Waals surface area contributed by atoms with Gasteiger partial charge in [-0.05, 0) is 17.9 Å². The van der Waals surface area contributed by atoms with Gasteiger partial charge in [-0.15, -0.1) is 16.4 Å². The van der Waals surface area contributed by atoms with Gasteiger partial charge in [0.2, 0.25) is 0 Å². The Morgan fingerprint density at radius 3 is 3.00 bits per heavy atom. The van der Waals surface area contributed by atoms with Crippen LogP contribution in [0, 0.1) is 0 Å². The van der Waals surface area contributed by atoms with Crippen LogP contribution in [0.5, 0.6) is 0 Å². The van der Waals surface area contributed by atoms with E-state index in [1.165, 1.54) is 0 Å². The summed E-state index contributed by atoms with van der Waals surface area (Å²) in [5, 5.41) is 19.2. The maximum absolute atomic E-state index is 9.19. The minimum atomic E-state index is -0.0586. The molecule has 0 bridgehead atoms. The van der Waals surface area contributed by atoms with Crippen LogP contribution in [-0.2, 0) is 13.2 Å². The lowest BCUT2D eigenvalue weighted by Gasteiger charge is -2.03. The average Bonchev–Trinajstić information content (AvgIpc) is 2.85. The Labute approximate surface area is 92.2 Å². The maximum Gasteiger partial charge on any atom is 0.117 e. The number of rotatable bonds is 4. The molecular formula is C10H13N3OS. The predicted molar refractivity (Wildman–Crippen MR) is 59.5 cm³/mol. The first-order valence-corrected chi connectivity index (χ1v) is 5.82. The summed E-state index contributed by atoms with van der Waals surface area (Å²) in [5.74, 6) is 0. The van der Waals surface area contributed by atoms with Gasteiger partial charge in [0.15, 0.2) is 0 Å². The molecule has 2 rings (SSSR count). The van der Waals surface area contributed by atoms with Gasteiger partial charge < -0.3 is 5.11 Å². The smallest absolute Gasteiger partial charge is 0.117 e. The molecule has 0 radical (unpaired) electrons. The van der Waals surface area contributed by atoms with E-state index >= 15 is 0 Å². The number of thiophene rings is 1. The molecule has 2 aromatic heterocycles. The van der Waals surface area contributed by atoms with E-state index in [0.717, 1.165) is 23.5 Å².